The number of hydrogen-bond donors (Lipinski definition) is 2. The summed E-state index contributed by atoms with van der Waals surface area (Å²) in [5.74, 6) is -0.102. The van der Waals surface area contributed by atoms with Gasteiger partial charge in [-0.1, -0.05) is 41.9 Å². The number of nitrogens with zero attached hydrogens (tertiary/aromatic N) is 3. The minimum atomic E-state index is -0.423. The maximum atomic E-state index is 12.8. The van der Waals surface area contributed by atoms with Crippen LogP contribution in [0.5, 0.6) is 0 Å². The normalized spacial score (nSPS) is 14.2. The Kier molecular flexibility index (Phi) is 7.36. The van der Waals surface area contributed by atoms with Crippen molar-refractivity contribution in [3.05, 3.63) is 76.3 Å². The van der Waals surface area contributed by atoms with E-state index in [0.29, 0.717) is 34.6 Å². The lowest BCUT2D eigenvalue weighted by atomic mass is 10.1. The summed E-state index contributed by atoms with van der Waals surface area (Å²) < 4.78 is 0. The first-order valence-electron chi connectivity index (χ1n) is 10.4. The van der Waals surface area contributed by atoms with E-state index >= 15 is 0 Å². The van der Waals surface area contributed by atoms with Crippen molar-refractivity contribution in [3.8, 4) is 0 Å². The van der Waals surface area contributed by atoms with Gasteiger partial charge < -0.3 is 10.2 Å². The Morgan fingerprint density at radius 2 is 1.69 bits per heavy atom. The molecule has 2 N–H and O–H groups in total. The molecule has 166 valence electrons. The van der Waals surface area contributed by atoms with Gasteiger partial charge in [-0.25, -0.2) is 9.78 Å². The maximum absolute atomic E-state index is 12.8. The van der Waals surface area contributed by atoms with E-state index in [1.54, 1.807) is 29.6 Å². The molecule has 0 radical (unpaired) electrons. The number of halogens is 1. The third-order valence-corrected chi connectivity index (χ3v) is 6.27. The Bertz CT molecular complexity index is 1050. The molecule has 1 saturated heterocycles. The number of benzene rings is 2. The lowest BCUT2D eigenvalue weighted by Crippen LogP contribution is -2.49. The number of aromatic nitrogens is 1. The number of anilines is 2. The molecule has 32 heavy (non-hydrogen) atoms. The van der Waals surface area contributed by atoms with Crippen molar-refractivity contribution in [2.45, 2.75) is 6.42 Å². The summed E-state index contributed by atoms with van der Waals surface area (Å²) >= 11 is 7.08. The summed E-state index contributed by atoms with van der Waals surface area (Å²) in [6.07, 6.45) is 1.01. The van der Waals surface area contributed by atoms with Crippen LogP contribution in [0, 0.1) is 0 Å². The lowest BCUT2D eigenvalue weighted by molar-refractivity contribution is 0.0633. The Morgan fingerprint density at radius 1 is 0.969 bits per heavy atom. The van der Waals surface area contributed by atoms with Crippen LogP contribution in [0.4, 0.5) is 15.6 Å². The van der Waals surface area contributed by atoms with Crippen molar-refractivity contribution in [2.24, 2.45) is 0 Å². The topological polar surface area (TPSA) is 77.6 Å². The third-order valence-electron chi connectivity index (χ3n) is 5.26. The number of rotatable bonds is 6. The summed E-state index contributed by atoms with van der Waals surface area (Å²) in [5.41, 5.74) is 2.30. The number of carbonyl (C=O) groups excluding carboxylic acids is 2. The first kappa shape index (κ1) is 22.3. The highest BCUT2D eigenvalue weighted by Crippen LogP contribution is 2.19. The fourth-order valence-electron chi connectivity index (χ4n) is 3.49. The van der Waals surface area contributed by atoms with Crippen LogP contribution < -0.4 is 10.6 Å². The van der Waals surface area contributed by atoms with E-state index < -0.39 is 6.03 Å². The molecule has 2 aromatic carbocycles. The first-order valence-corrected chi connectivity index (χ1v) is 11.7. The summed E-state index contributed by atoms with van der Waals surface area (Å²) in [6.45, 7) is 4.02. The zero-order valence-electron chi connectivity index (χ0n) is 17.5. The largest absolute Gasteiger partial charge is 0.335 e. The van der Waals surface area contributed by atoms with Crippen molar-refractivity contribution in [3.63, 3.8) is 0 Å². The zero-order valence-corrected chi connectivity index (χ0v) is 19.0. The predicted octanol–water partition coefficient (Wildman–Crippen LogP) is 4.44. The van der Waals surface area contributed by atoms with Gasteiger partial charge in [0.15, 0.2) is 5.13 Å². The van der Waals surface area contributed by atoms with Crippen LogP contribution in [0.15, 0.2) is 60.0 Å². The summed E-state index contributed by atoms with van der Waals surface area (Å²) in [7, 11) is 0. The maximum Gasteiger partial charge on any atom is 0.325 e. The second-order valence-electron chi connectivity index (χ2n) is 7.49. The molecule has 1 aromatic heterocycles. The zero-order chi connectivity index (χ0) is 22.3. The fraction of sp³-hybridized carbons (Fsp3) is 0.261. The number of amides is 3. The second kappa shape index (κ2) is 10.6. The Labute approximate surface area is 196 Å². The average molecular weight is 470 g/mol. The van der Waals surface area contributed by atoms with Crippen molar-refractivity contribution in [2.75, 3.05) is 43.4 Å². The van der Waals surface area contributed by atoms with Gasteiger partial charge in [0.25, 0.3) is 5.91 Å². The molecule has 3 aromatic rings. The van der Waals surface area contributed by atoms with Gasteiger partial charge in [-0.05, 0) is 36.2 Å². The average Bonchev–Trinajstić information content (AvgIpc) is 3.28. The minimum Gasteiger partial charge on any atom is -0.335 e. The third kappa shape index (κ3) is 6.06. The standard InChI is InChI=1S/C23H24ClN5O2S/c24-18-6-8-19(9-7-18)25-22(31)27-23-26-20(16-32-23)21(30)29-14-12-28(13-15-29)11-10-17-4-2-1-3-5-17/h1-9,16H,10-15H2,(H2,25,26,27,31). The highest BCUT2D eigenvalue weighted by Gasteiger charge is 2.24. The van der Waals surface area contributed by atoms with E-state index in [9.17, 15) is 9.59 Å². The first-order chi connectivity index (χ1) is 15.6. The molecule has 0 aliphatic carbocycles. The molecular formula is C23H24ClN5O2S. The minimum absolute atomic E-state index is 0.102. The summed E-state index contributed by atoms with van der Waals surface area (Å²) in [6, 6.07) is 16.8. The fourth-order valence-corrected chi connectivity index (χ4v) is 4.30. The SMILES string of the molecule is O=C(Nc1ccc(Cl)cc1)Nc1nc(C(=O)N2CCN(CCc3ccccc3)CC2)cs1. The highest BCUT2D eigenvalue weighted by molar-refractivity contribution is 7.14. The van der Waals surface area contributed by atoms with Crippen LogP contribution in [0.2, 0.25) is 5.02 Å². The molecule has 0 bridgehead atoms. The Balaban J connectivity index is 1.24. The Hall–Kier alpha value is -2.94. The van der Waals surface area contributed by atoms with Gasteiger partial charge in [-0.15, -0.1) is 11.3 Å². The summed E-state index contributed by atoms with van der Waals surface area (Å²) in [5, 5.41) is 8.03. The van der Waals surface area contributed by atoms with Crippen molar-refractivity contribution in [1.29, 1.82) is 0 Å². The lowest BCUT2D eigenvalue weighted by Gasteiger charge is -2.34. The van der Waals surface area contributed by atoms with Gasteiger partial charge in [0.05, 0.1) is 0 Å². The van der Waals surface area contributed by atoms with E-state index in [0.717, 1.165) is 26.1 Å². The second-order valence-corrected chi connectivity index (χ2v) is 8.79. The van der Waals surface area contributed by atoms with E-state index in [2.05, 4.69) is 44.8 Å². The van der Waals surface area contributed by atoms with Gasteiger partial charge in [0, 0.05) is 48.8 Å². The van der Waals surface area contributed by atoms with Gasteiger partial charge in [-0.2, -0.15) is 0 Å². The van der Waals surface area contributed by atoms with Gasteiger partial charge in [0.1, 0.15) is 5.69 Å². The number of nitrogens with one attached hydrogen (secondary N) is 2. The molecule has 9 heteroatoms. The van der Waals surface area contributed by atoms with Gasteiger partial charge in [-0.3, -0.25) is 15.0 Å². The molecule has 3 amide bonds. The molecule has 0 unspecified atom stereocenters. The monoisotopic (exact) mass is 469 g/mol. The van der Waals surface area contributed by atoms with Crippen molar-refractivity contribution < 1.29 is 9.59 Å². The molecule has 0 saturated carbocycles. The van der Waals surface area contributed by atoms with Crippen LogP contribution in [0.1, 0.15) is 16.1 Å². The predicted molar refractivity (Wildman–Crippen MR) is 129 cm³/mol. The quantitative estimate of drug-likeness (QED) is 0.559. The van der Waals surface area contributed by atoms with Crippen LogP contribution in [-0.4, -0.2) is 59.4 Å². The smallest absolute Gasteiger partial charge is 0.325 e. The number of piperazine rings is 1. The van der Waals surface area contributed by atoms with Gasteiger partial charge in [0.2, 0.25) is 0 Å². The number of urea groups is 1. The molecule has 1 aliphatic heterocycles. The van der Waals surface area contributed by atoms with Crippen LogP contribution >= 0.6 is 22.9 Å². The van der Waals surface area contributed by atoms with Crippen molar-refractivity contribution >= 4 is 45.7 Å². The number of hydrogen-bond acceptors (Lipinski definition) is 5. The van der Waals surface area contributed by atoms with E-state index in [1.165, 1.54) is 16.9 Å². The number of thiazole rings is 1. The molecule has 4 rings (SSSR count). The van der Waals surface area contributed by atoms with Crippen LogP contribution in [0.25, 0.3) is 0 Å². The van der Waals surface area contributed by atoms with Gasteiger partial charge >= 0.3 is 6.03 Å². The molecule has 1 aliphatic rings. The molecule has 0 atom stereocenters. The van der Waals surface area contributed by atoms with Crippen LogP contribution in [-0.2, 0) is 6.42 Å². The van der Waals surface area contributed by atoms with Crippen molar-refractivity contribution in [1.82, 2.24) is 14.8 Å². The Morgan fingerprint density at radius 3 is 2.41 bits per heavy atom. The van der Waals surface area contributed by atoms with E-state index in [4.69, 9.17) is 11.6 Å². The molecular weight excluding hydrogens is 446 g/mol. The molecule has 0 spiro atoms. The molecule has 2 heterocycles. The van der Waals surface area contributed by atoms with E-state index in [1.807, 2.05) is 11.0 Å². The highest BCUT2D eigenvalue weighted by atomic mass is 35.5. The van der Waals surface area contributed by atoms with E-state index in [-0.39, 0.29) is 5.91 Å². The molecule has 7 nitrogen and oxygen atoms in total. The van der Waals surface area contributed by atoms with Crippen LogP contribution in [0.3, 0.4) is 0 Å². The number of carbonyl (C=O) groups is 2. The summed E-state index contributed by atoms with van der Waals surface area (Å²) in [4.78, 5) is 33.5. The molecule has 1 fully saturated rings.